The molecule has 7 heteroatoms. The molecule has 0 atom stereocenters. The standard InChI is InChI=1S/C13H21N3O3S/c1-4-10-5-6-11(14)9-12(10)20(18,19)15-8-7-13(17)16(2)3/h5-6,9,15H,4,7-8,14H2,1-3H3. The Morgan fingerprint density at radius 2 is 2.00 bits per heavy atom. The molecule has 1 aromatic rings. The second-order valence-corrected chi connectivity index (χ2v) is 6.39. The maximum atomic E-state index is 12.2. The van der Waals surface area contributed by atoms with Gasteiger partial charge in [0.15, 0.2) is 0 Å². The van der Waals surface area contributed by atoms with Crippen molar-refractivity contribution in [3.63, 3.8) is 0 Å². The number of nitrogens with zero attached hydrogens (tertiary/aromatic N) is 1. The van der Waals surface area contributed by atoms with Crippen LogP contribution in [0, 0.1) is 0 Å². The third-order valence-electron chi connectivity index (χ3n) is 2.89. The van der Waals surface area contributed by atoms with Gasteiger partial charge in [0, 0.05) is 32.7 Å². The summed E-state index contributed by atoms with van der Waals surface area (Å²) in [5, 5.41) is 0. The number of carbonyl (C=O) groups excluding carboxylic acids is 1. The lowest BCUT2D eigenvalue weighted by Gasteiger charge is -2.13. The normalized spacial score (nSPS) is 11.3. The summed E-state index contributed by atoms with van der Waals surface area (Å²) >= 11 is 0. The zero-order valence-corrected chi connectivity index (χ0v) is 12.8. The number of rotatable bonds is 6. The Hall–Kier alpha value is -1.60. The smallest absolute Gasteiger partial charge is 0.240 e. The van der Waals surface area contributed by atoms with Crippen LogP contribution in [0.15, 0.2) is 23.1 Å². The molecule has 0 saturated heterocycles. The van der Waals surface area contributed by atoms with Gasteiger partial charge in [0.2, 0.25) is 15.9 Å². The molecule has 0 spiro atoms. The predicted octanol–water partition coefficient (Wildman–Crippen LogP) is 0.588. The van der Waals surface area contributed by atoms with Crippen molar-refractivity contribution in [3.8, 4) is 0 Å². The fourth-order valence-electron chi connectivity index (χ4n) is 1.71. The van der Waals surface area contributed by atoms with E-state index in [4.69, 9.17) is 5.73 Å². The van der Waals surface area contributed by atoms with Gasteiger partial charge in [0.1, 0.15) is 0 Å². The van der Waals surface area contributed by atoms with Gasteiger partial charge in [-0.15, -0.1) is 0 Å². The molecule has 0 aromatic heterocycles. The van der Waals surface area contributed by atoms with E-state index < -0.39 is 10.0 Å². The summed E-state index contributed by atoms with van der Waals surface area (Å²) in [4.78, 5) is 13.0. The molecular formula is C13H21N3O3S. The first-order chi connectivity index (χ1) is 9.27. The van der Waals surface area contributed by atoms with Crippen LogP contribution in [0.3, 0.4) is 0 Å². The van der Waals surface area contributed by atoms with Crippen molar-refractivity contribution in [2.75, 3.05) is 26.4 Å². The number of carbonyl (C=O) groups is 1. The van der Waals surface area contributed by atoms with Crippen LogP contribution in [0.5, 0.6) is 0 Å². The molecule has 0 radical (unpaired) electrons. The zero-order chi connectivity index (χ0) is 15.3. The molecule has 6 nitrogen and oxygen atoms in total. The van der Waals surface area contributed by atoms with Crippen molar-refractivity contribution in [1.82, 2.24) is 9.62 Å². The van der Waals surface area contributed by atoms with E-state index in [0.29, 0.717) is 17.7 Å². The lowest BCUT2D eigenvalue weighted by molar-refractivity contribution is -0.128. The quantitative estimate of drug-likeness (QED) is 0.752. The monoisotopic (exact) mass is 299 g/mol. The van der Waals surface area contributed by atoms with Gasteiger partial charge in [-0.3, -0.25) is 4.79 Å². The number of hydrogen-bond donors (Lipinski definition) is 2. The number of anilines is 1. The lowest BCUT2D eigenvalue weighted by atomic mass is 10.1. The van der Waals surface area contributed by atoms with Gasteiger partial charge >= 0.3 is 0 Å². The first-order valence-corrected chi connectivity index (χ1v) is 7.84. The highest BCUT2D eigenvalue weighted by Gasteiger charge is 2.18. The van der Waals surface area contributed by atoms with Crippen LogP contribution in [-0.2, 0) is 21.2 Å². The van der Waals surface area contributed by atoms with E-state index >= 15 is 0 Å². The van der Waals surface area contributed by atoms with E-state index in [1.807, 2.05) is 6.92 Å². The van der Waals surface area contributed by atoms with Gasteiger partial charge in [0.25, 0.3) is 0 Å². The van der Waals surface area contributed by atoms with Crippen LogP contribution in [0.4, 0.5) is 5.69 Å². The Kier molecular flexibility index (Phi) is 5.52. The van der Waals surface area contributed by atoms with E-state index in [2.05, 4.69) is 4.72 Å². The van der Waals surface area contributed by atoms with Crippen LogP contribution in [0.2, 0.25) is 0 Å². The Morgan fingerprint density at radius 3 is 2.55 bits per heavy atom. The summed E-state index contributed by atoms with van der Waals surface area (Å²) in [7, 11) is -0.390. The molecule has 112 valence electrons. The summed E-state index contributed by atoms with van der Waals surface area (Å²) in [6.07, 6.45) is 0.711. The Morgan fingerprint density at radius 1 is 1.35 bits per heavy atom. The molecule has 1 amide bonds. The maximum absolute atomic E-state index is 12.2. The van der Waals surface area contributed by atoms with E-state index in [-0.39, 0.29) is 23.8 Å². The van der Waals surface area contributed by atoms with Crippen molar-refractivity contribution in [3.05, 3.63) is 23.8 Å². The first-order valence-electron chi connectivity index (χ1n) is 6.36. The lowest BCUT2D eigenvalue weighted by Crippen LogP contribution is -2.30. The van der Waals surface area contributed by atoms with Crippen LogP contribution in [-0.4, -0.2) is 39.9 Å². The predicted molar refractivity (Wildman–Crippen MR) is 78.7 cm³/mol. The average Bonchev–Trinajstić information content (AvgIpc) is 2.38. The van der Waals surface area contributed by atoms with Gasteiger partial charge in [-0.2, -0.15) is 0 Å². The molecule has 3 N–H and O–H groups in total. The SMILES string of the molecule is CCc1ccc(N)cc1S(=O)(=O)NCCC(=O)N(C)C. The Bertz CT molecular complexity index is 583. The minimum absolute atomic E-state index is 0.0668. The number of nitrogens with one attached hydrogen (secondary N) is 1. The summed E-state index contributed by atoms with van der Waals surface area (Å²) in [5.41, 5.74) is 6.74. The highest BCUT2D eigenvalue weighted by molar-refractivity contribution is 7.89. The van der Waals surface area contributed by atoms with E-state index in [9.17, 15) is 13.2 Å². The molecule has 0 saturated carbocycles. The van der Waals surface area contributed by atoms with Gasteiger partial charge in [-0.05, 0) is 24.1 Å². The number of hydrogen-bond acceptors (Lipinski definition) is 4. The highest BCUT2D eigenvalue weighted by atomic mass is 32.2. The fourth-order valence-corrected chi connectivity index (χ4v) is 3.08. The number of amides is 1. The largest absolute Gasteiger partial charge is 0.399 e. The fraction of sp³-hybridized carbons (Fsp3) is 0.462. The van der Waals surface area contributed by atoms with Crippen LogP contribution < -0.4 is 10.5 Å². The van der Waals surface area contributed by atoms with Gasteiger partial charge in [0.05, 0.1) is 4.90 Å². The van der Waals surface area contributed by atoms with E-state index in [0.717, 1.165) is 0 Å². The summed E-state index contributed by atoms with van der Waals surface area (Å²) in [6, 6.07) is 4.82. The highest BCUT2D eigenvalue weighted by Crippen LogP contribution is 2.19. The first kappa shape index (κ1) is 16.5. The number of nitrogen functional groups attached to an aromatic ring is 1. The second kappa shape index (κ2) is 6.71. The molecule has 1 rings (SSSR count). The van der Waals surface area contributed by atoms with Gasteiger partial charge in [-0.25, -0.2) is 13.1 Å². The summed E-state index contributed by atoms with van der Waals surface area (Å²) in [5.74, 6) is -0.129. The molecule has 0 bridgehead atoms. The van der Waals surface area contributed by atoms with Gasteiger partial charge < -0.3 is 10.6 Å². The summed E-state index contributed by atoms with van der Waals surface area (Å²) < 4.78 is 26.9. The van der Waals surface area contributed by atoms with Crippen LogP contribution in [0.25, 0.3) is 0 Å². The number of aryl methyl sites for hydroxylation is 1. The molecule has 0 aliphatic carbocycles. The zero-order valence-electron chi connectivity index (χ0n) is 12.0. The molecule has 20 heavy (non-hydrogen) atoms. The average molecular weight is 299 g/mol. The molecule has 0 aliphatic rings. The van der Waals surface area contributed by atoms with E-state index in [1.54, 1.807) is 26.2 Å². The number of sulfonamides is 1. The van der Waals surface area contributed by atoms with Crippen LogP contribution >= 0.6 is 0 Å². The third-order valence-corrected chi connectivity index (χ3v) is 4.43. The Labute approximate surface area is 120 Å². The molecule has 0 aliphatic heterocycles. The Balaban J connectivity index is 2.84. The molecule has 0 unspecified atom stereocenters. The number of nitrogens with two attached hydrogens (primary N) is 1. The molecule has 0 heterocycles. The van der Waals surface area contributed by atoms with Crippen LogP contribution in [0.1, 0.15) is 18.9 Å². The van der Waals surface area contributed by atoms with Crippen molar-refractivity contribution < 1.29 is 13.2 Å². The molecule has 1 aromatic carbocycles. The second-order valence-electron chi connectivity index (χ2n) is 4.66. The summed E-state index contributed by atoms with van der Waals surface area (Å²) in [6.45, 7) is 1.94. The van der Waals surface area contributed by atoms with Crippen molar-refractivity contribution >= 4 is 21.6 Å². The van der Waals surface area contributed by atoms with Gasteiger partial charge in [-0.1, -0.05) is 13.0 Å². The molecular weight excluding hydrogens is 278 g/mol. The molecule has 0 fully saturated rings. The number of benzene rings is 1. The maximum Gasteiger partial charge on any atom is 0.240 e. The van der Waals surface area contributed by atoms with Crippen molar-refractivity contribution in [1.29, 1.82) is 0 Å². The van der Waals surface area contributed by atoms with Crippen molar-refractivity contribution in [2.45, 2.75) is 24.7 Å². The van der Waals surface area contributed by atoms with E-state index in [1.165, 1.54) is 11.0 Å². The van der Waals surface area contributed by atoms with Crippen molar-refractivity contribution in [2.24, 2.45) is 0 Å². The topological polar surface area (TPSA) is 92.5 Å². The minimum atomic E-state index is -3.65. The minimum Gasteiger partial charge on any atom is -0.399 e. The third kappa shape index (κ3) is 4.21.